The fourth-order valence-corrected chi connectivity index (χ4v) is 3.64. The Morgan fingerprint density at radius 2 is 1.84 bits per heavy atom. The zero-order valence-corrected chi connectivity index (χ0v) is 17.4. The first kappa shape index (κ1) is 21.3. The lowest BCUT2D eigenvalue weighted by molar-refractivity contribution is -0.130. The van der Waals surface area contributed by atoms with Gasteiger partial charge in [0.15, 0.2) is 17.3 Å². The lowest BCUT2D eigenvalue weighted by atomic mass is 9.91. The number of carbonyl (C=O) groups excluding carboxylic acids is 4. The number of carbonyl (C=O) groups is 4. The first-order valence-corrected chi connectivity index (χ1v) is 9.83. The molecule has 2 N–H and O–H groups in total. The number of hydrogen-bond donors (Lipinski definition) is 2. The monoisotopic (exact) mass is 441 g/mol. The molecule has 1 fully saturated rings. The van der Waals surface area contributed by atoms with Gasteiger partial charge in [0.1, 0.15) is 24.6 Å². The first-order chi connectivity index (χ1) is 15.2. The number of ketones is 1. The van der Waals surface area contributed by atoms with E-state index in [1.165, 1.54) is 26.0 Å². The molecule has 1 saturated heterocycles. The number of amides is 4. The molecule has 0 bridgehead atoms. The van der Waals surface area contributed by atoms with Gasteiger partial charge >= 0.3 is 6.03 Å². The number of imide groups is 1. The van der Waals surface area contributed by atoms with Crippen LogP contribution in [0.15, 0.2) is 36.4 Å². The highest BCUT2D eigenvalue weighted by Crippen LogP contribution is 2.37. The summed E-state index contributed by atoms with van der Waals surface area (Å²) < 4.78 is 25.4. The molecule has 0 spiro atoms. The van der Waals surface area contributed by atoms with E-state index in [1.807, 2.05) is 0 Å². The van der Waals surface area contributed by atoms with Gasteiger partial charge in [0, 0.05) is 12.6 Å². The third-order valence-corrected chi connectivity index (χ3v) is 5.29. The van der Waals surface area contributed by atoms with Gasteiger partial charge in [-0.05, 0) is 42.8 Å². The van der Waals surface area contributed by atoms with Gasteiger partial charge in [-0.2, -0.15) is 0 Å². The second-order valence-electron chi connectivity index (χ2n) is 7.60. The van der Waals surface area contributed by atoms with E-state index in [0.717, 1.165) is 11.0 Å². The van der Waals surface area contributed by atoms with Crippen molar-refractivity contribution in [3.63, 3.8) is 0 Å². The highest BCUT2D eigenvalue weighted by Gasteiger charge is 2.50. The fourth-order valence-electron chi connectivity index (χ4n) is 3.64. The number of halogens is 1. The van der Waals surface area contributed by atoms with Crippen molar-refractivity contribution in [2.24, 2.45) is 0 Å². The molecule has 10 heteroatoms. The number of benzene rings is 2. The normalized spacial score (nSPS) is 19.5. The number of Topliss-reactive ketones (excluding diaryl/α,β-unsaturated/α-hetero) is 1. The molecule has 2 aromatic carbocycles. The Balaban J connectivity index is 1.54. The minimum Gasteiger partial charge on any atom is -0.486 e. The van der Waals surface area contributed by atoms with Gasteiger partial charge in [-0.1, -0.05) is 6.07 Å². The van der Waals surface area contributed by atoms with Gasteiger partial charge in [-0.25, -0.2) is 9.18 Å². The van der Waals surface area contributed by atoms with Gasteiger partial charge in [0.05, 0.1) is 12.1 Å². The minimum atomic E-state index is -1.43. The molecular weight excluding hydrogens is 421 g/mol. The zero-order chi connectivity index (χ0) is 23.0. The molecule has 9 nitrogen and oxygen atoms in total. The number of ether oxygens (including phenoxy) is 2. The average molecular weight is 441 g/mol. The summed E-state index contributed by atoms with van der Waals surface area (Å²) in [4.78, 5) is 50.1. The van der Waals surface area contributed by atoms with E-state index in [9.17, 15) is 23.6 Å². The standard InChI is InChI=1S/C22H20FN3O6/c1-12(27)24-14-4-5-15(16(23)10-14)17(28)11-26-20(29)22(2,25-21(26)30)13-3-6-18-19(9-13)32-8-7-31-18/h3-6,9-10H,7-8,11H2,1-2H3,(H,24,27)(H,25,30)/t22-/m1/s1. The number of hydrogen-bond acceptors (Lipinski definition) is 6. The lowest BCUT2D eigenvalue weighted by Crippen LogP contribution is -2.41. The van der Waals surface area contributed by atoms with Crippen LogP contribution in [0.3, 0.4) is 0 Å². The molecule has 0 radical (unpaired) electrons. The lowest BCUT2D eigenvalue weighted by Gasteiger charge is -2.25. The van der Waals surface area contributed by atoms with E-state index < -0.39 is 35.6 Å². The number of rotatable bonds is 5. The van der Waals surface area contributed by atoms with Crippen molar-refractivity contribution in [3.8, 4) is 11.5 Å². The van der Waals surface area contributed by atoms with E-state index in [2.05, 4.69) is 10.6 Å². The van der Waals surface area contributed by atoms with E-state index >= 15 is 0 Å². The van der Waals surface area contributed by atoms with Crippen LogP contribution in [0.5, 0.6) is 11.5 Å². The molecular formula is C22H20FN3O6. The highest BCUT2D eigenvalue weighted by molar-refractivity contribution is 6.11. The highest BCUT2D eigenvalue weighted by atomic mass is 19.1. The van der Waals surface area contributed by atoms with Gasteiger partial charge in [0.2, 0.25) is 5.91 Å². The van der Waals surface area contributed by atoms with E-state index in [4.69, 9.17) is 9.47 Å². The largest absolute Gasteiger partial charge is 0.486 e. The van der Waals surface area contributed by atoms with Gasteiger partial charge in [-0.3, -0.25) is 19.3 Å². The summed E-state index contributed by atoms with van der Waals surface area (Å²) in [5.41, 5.74) is -1.08. The smallest absolute Gasteiger partial charge is 0.325 e. The van der Waals surface area contributed by atoms with Crippen LogP contribution in [0.2, 0.25) is 0 Å². The Morgan fingerprint density at radius 3 is 2.53 bits per heavy atom. The second-order valence-corrected chi connectivity index (χ2v) is 7.60. The number of nitrogens with zero attached hydrogens (tertiary/aromatic N) is 1. The Kier molecular flexibility index (Phi) is 5.29. The molecule has 2 aliphatic heterocycles. The van der Waals surface area contributed by atoms with Crippen molar-refractivity contribution in [2.75, 3.05) is 25.1 Å². The predicted octanol–water partition coefficient (Wildman–Crippen LogP) is 2.21. The fraction of sp³-hybridized carbons (Fsp3) is 0.273. The molecule has 0 unspecified atom stereocenters. The SMILES string of the molecule is CC(=O)Nc1ccc(C(=O)CN2C(=O)N[C@](C)(c3ccc4c(c3)OCCO4)C2=O)c(F)c1. The molecule has 2 heterocycles. The maximum Gasteiger partial charge on any atom is 0.325 e. The minimum absolute atomic E-state index is 0.188. The molecule has 2 aliphatic rings. The van der Waals surface area contributed by atoms with Crippen molar-refractivity contribution in [1.82, 2.24) is 10.2 Å². The number of fused-ring (bicyclic) bond motifs is 1. The summed E-state index contributed by atoms with van der Waals surface area (Å²) in [6.07, 6.45) is 0. The second kappa shape index (κ2) is 7.95. The third kappa shape index (κ3) is 3.75. The molecule has 32 heavy (non-hydrogen) atoms. The first-order valence-electron chi connectivity index (χ1n) is 9.83. The van der Waals surface area contributed by atoms with E-state index in [-0.39, 0.29) is 17.2 Å². The Labute approximate surface area is 182 Å². The summed E-state index contributed by atoms with van der Waals surface area (Å²) in [5.74, 6) is -1.68. The Bertz CT molecular complexity index is 1150. The summed E-state index contributed by atoms with van der Waals surface area (Å²) in [5, 5.41) is 5.01. The molecule has 4 rings (SSSR count). The number of urea groups is 1. The summed E-state index contributed by atoms with van der Waals surface area (Å²) in [7, 11) is 0. The predicted molar refractivity (Wildman–Crippen MR) is 110 cm³/mol. The maximum absolute atomic E-state index is 14.4. The van der Waals surface area contributed by atoms with Crippen LogP contribution in [-0.4, -0.2) is 48.3 Å². The van der Waals surface area contributed by atoms with Crippen LogP contribution in [0.4, 0.5) is 14.9 Å². The maximum atomic E-state index is 14.4. The van der Waals surface area contributed by atoms with Crippen molar-refractivity contribution >= 4 is 29.3 Å². The van der Waals surface area contributed by atoms with Crippen LogP contribution >= 0.6 is 0 Å². The average Bonchev–Trinajstić information content (AvgIpc) is 2.97. The van der Waals surface area contributed by atoms with Crippen LogP contribution in [0.1, 0.15) is 29.8 Å². The van der Waals surface area contributed by atoms with Crippen molar-refractivity contribution in [2.45, 2.75) is 19.4 Å². The Hall–Kier alpha value is -3.95. The third-order valence-electron chi connectivity index (χ3n) is 5.29. The van der Waals surface area contributed by atoms with E-state index in [1.54, 1.807) is 18.2 Å². The molecule has 166 valence electrons. The summed E-state index contributed by atoms with van der Waals surface area (Å²) in [6.45, 7) is 2.93. The quantitative estimate of drug-likeness (QED) is 0.543. The van der Waals surface area contributed by atoms with Crippen LogP contribution in [0, 0.1) is 5.82 Å². The van der Waals surface area contributed by atoms with Crippen molar-refractivity contribution in [3.05, 3.63) is 53.3 Å². The van der Waals surface area contributed by atoms with Crippen molar-refractivity contribution in [1.29, 1.82) is 0 Å². The van der Waals surface area contributed by atoms with Gasteiger partial charge in [-0.15, -0.1) is 0 Å². The molecule has 0 aliphatic carbocycles. The zero-order valence-electron chi connectivity index (χ0n) is 17.4. The van der Waals surface area contributed by atoms with E-state index in [0.29, 0.717) is 30.3 Å². The van der Waals surface area contributed by atoms with Gasteiger partial charge < -0.3 is 20.1 Å². The number of nitrogens with one attached hydrogen (secondary N) is 2. The Morgan fingerprint density at radius 1 is 1.12 bits per heavy atom. The van der Waals surface area contributed by atoms with Crippen LogP contribution in [0.25, 0.3) is 0 Å². The molecule has 1 atom stereocenters. The summed E-state index contributed by atoms with van der Waals surface area (Å²) in [6, 6.07) is 7.69. The van der Waals surface area contributed by atoms with Crippen LogP contribution in [-0.2, 0) is 15.1 Å². The van der Waals surface area contributed by atoms with Gasteiger partial charge in [0.25, 0.3) is 5.91 Å². The summed E-state index contributed by atoms with van der Waals surface area (Å²) >= 11 is 0. The topological polar surface area (TPSA) is 114 Å². The molecule has 0 aromatic heterocycles. The number of anilines is 1. The molecule has 0 saturated carbocycles. The van der Waals surface area contributed by atoms with Crippen LogP contribution < -0.4 is 20.1 Å². The van der Waals surface area contributed by atoms with Crippen molar-refractivity contribution < 1.29 is 33.0 Å². The molecule has 4 amide bonds. The molecule has 2 aromatic rings.